The number of benzene rings is 1. The summed E-state index contributed by atoms with van der Waals surface area (Å²) in [6.07, 6.45) is 2.12. The zero-order valence-electron chi connectivity index (χ0n) is 10.6. The lowest BCUT2D eigenvalue weighted by Gasteiger charge is -2.09. The van der Waals surface area contributed by atoms with Gasteiger partial charge in [-0.05, 0) is 44.0 Å². The Morgan fingerprint density at radius 1 is 1.42 bits per heavy atom. The van der Waals surface area contributed by atoms with Crippen molar-refractivity contribution in [1.82, 2.24) is 10.6 Å². The van der Waals surface area contributed by atoms with Crippen LogP contribution in [0, 0.1) is 16.0 Å². The molecule has 1 aliphatic rings. The minimum absolute atomic E-state index is 0.00594. The van der Waals surface area contributed by atoms with Gasteiger partial charge >= 0.3 is 0 Å². The van der Waals surface area contributed by atoms with E-state index in [4.69, 9.17) is 0 Å². The third kappa shape index (κ3) is 3.75. The Balaban J connectivity index is 1.80. The van der Waals surface area contributed by atoms with Gasteiger partial charge in [0.25, 0.3) is 11.6 Å². The molecule has 2 rings (SSSR count). The summed E-state index contributed by atoms with van der Waals surface area (Å²) in [6, 6.07) is 5.64. The van der Waals surface area contributed by atoms with Crippen LogP contribution >= 0.6 is 0 Å². The van der Waals surface area contributed by atoms with Gasteiger partial charge in [-0.2, -0.15) is 0 Å². The fourth-order valence-corrected chi connectivity index (χ4v) is 2.19. The molecule has 102 valence electrons. The zero-order chi connectivity index (χ0) is 13.7. The topological polar surface area (TPSA) is 84.3 Å². The Morgan fingerprint density at radius 2 is 2.16 bits per heavy atom. The van der Waals surface area contributed by atoms with E-state index in [2.05, 4.69) is 10.6 Å². The van der Waals surface area contributed by atoms with Crippen LogP contribution in [0.15, 0.2) is 24.3 Å². The lowest BCUT2D eigenvalue weighted by atomic mass is 10.1. The van der Waals surface area contributed by atoms with Crippen LogP contribution in [-0.2, 0) is 0 Å². The number of nitrogens with one attached hydrogen (secondary N) is 2. The normalized spacial score (nSPS) is 18.2. The highest BCUT2D eigenvalue weighted by Gasteiger charge is 2.14. The summed E-state index contributed by atoms with van der Waals surface area (Å²) in [5.41, 5.74) is 0.448. The van der Waals surface area contributed by atoms with E-state index in [-0.39, 0.29) is 11.6 Å². The van der Waals surface area contributed by atoms with Crippen molar-refractivity contribution in [3.8, 4) is 0 Å². The molecule has 0 saturated carbocycles. The second-order valence-electron chi connectivity index (χ2n) is 4.71. The number of non-ortho nitro benzene ring substituents is 1. The van der Waals surface area contributed by atoms with Gasteiger partial charge in [-0.1, -0.05) is 0 Å². The largest absolute Gasteiger partial charge is 0.352 e. The van der Waals surface area contributed by atoms with E-state index >= 15 is 0 Å². The van der Waals surface area contributed by atoms with Gasteiger partial charge in [0, 0.05) is 24.2 Å². The predicted molar refractivity (Wildman–Crippen MR) is 71.0 cm³/mol. The van der Waals surface area contributed by atoms with Crippen LogP contribution < -0.4 is 10.6 Å². The number of carbonyl (C=O) groups is 1. The molecule has 1 atom stereocenters. The molecular formula is C13H17N3O3. The van der Waals surface area contributed by atoms with Gasteiger partial charge in [0.1, 0.15) is 0 Å². The fourth-order valence-electron chi connectivity index (χ4n) is 2.19. The first-order valence-corrected chi connectivity index (χ1v) is 6.40. The molecule has 0 aliphatic carbocycles. The van der Waals surface area contributed by atoms with Crippen molar-refractivity contribution in [3.63, 3.8) is 0 Å². The number of hydrogen-bond acceptors (Lipinski definition) is 4. The van der Waals surface area contributed by atoms with Gasteiger partial charge in [0.15, 0.2) is 0 Å². The third-order valence-electron chi connectivity index (χ3n) is 3.34. The van der Waals surface area contributed by atoms with Crippen LogP contribution in [0.25, 0.3) is 0 Å². The molecule has 0 bridgehead atoms. The molecule has 0 radical (unpaired) electrons. The number of rotatable bonds is 5. The standard InChI is InChI=1S/C13H17N3O3/c17-13(15-8-6-10-5-7-14-9-10)11-1-3-12(4-2-11)16(18)19/h1-4,10,14H,5-9H2,(H,15,17). The molecule has 1 saturated heterocycles. The summed E-state index contributed by atoms with van der Waals surface area (Å²) in [5.74, 6) is 0.456. The Kier molecular flexibility index (Phi) is 4.46. The zero-order valence-corrected chi connectivity index (χ0v) is 10.6. The Labute approximate surface area is 111 Å². The molecule has 1 heterocycles. The van der Waals surface area contributed by atoms with Crippen LogP contribution in [0.1, 0.15) is 23.2 Å². The first-order chi connectivity index (χ1) is 9.16. The summed E-state index contributed by atoms with van der Waals surface area (Å²) in [6.45, 7) is 2.72. The van der Waals surface area contributed by atoms with Gasteiger partial charge in [0.05, 0.1) is 4.92 Å². The maximum Gasteiger partial charge on any atom is 0.269 e. The van der Waals surface area contributed by atoms with Crippen LogP contribution in [0.4, 0.5) is 5.69 Å². The smallest absolute Gasteiger partial charge is 0.269 e. The van der Waals surface area contributed by atoms with Crippen molar-refractivity contribution in [2.75, 3.05) is 19.6 Å². The number of nitro benzene ring substituents is 1. The molecule has 1 fully saturated rings. The molecule has 1 amide bonds. The molecule has 1 aliphatic heterocycles. The molecule has 0 spiro atoms. The average Bonchev–Trinajstić information content (AvgIpc) is 2.92. The summed E-state index contributed by atoms with van der Waals surface area (Å²) in [5, 5.41) is 16.6. The Bertz CT molecular complexity index is 453. The molecule has 6 nitrogen and oxygen atoms in total. The fraction of sp³-hybridized carbons (Fsp3) is 0.462. The second-order valence-corrected chi connectivity index (χ2v) is 4.71. The van der Waals surface area contributed by atoms with Gasteiger partial charge in [-0.15, -0.1) is 0 Å². The number of nitrogens with zero attached hydrogens (tertiary/aromatic N) is 1. The van der Waals surface area contributed by atoms with E-state index < -0.39 is 4.92 Å². The van der Waals surface area contributed by atoms with Gasteiger partial charge in [-0.3, -0.25) is 14.9 Å². The minimum Gasteiger partial charge on any atom is -0.352 e. The summed E-state index contributed by atoms with van der Waals surface area (Å²) < 4.78 is 0. The van der Waals surface area contributed by atoms with E-state index in [1.165, 1.54) is 24.3 Å². The van der Waals surface area contributed by atoms with Crippen molar-refractivity contribution in [1.29, 1.82) is 0 Å². The first kappa shape index (κ1) is 13.5. The highest BCUT2D eigenvalue weighted by atomic mass is 16.6. The van der Waals surface area contributed by atoms with E-state index in [1.807, 2.05) is 0 Å². The molecule has 1 aromatic rings. The predicted octanol–water partition coefficient (Wildman–Crippen LogP) is 1.32. The van der Waals surface area contributed by atoms with Crippen molar-refractivity contribution in [3.05, 3.63) is 39.9 Å². The van der Waals surface area contributed by atoms with E-state index in [0.29, 0.717) is 18.0 Å². The number of hydrogen-bond donors (Lipinski definition) is 2. The number of amides is 1. The number of nitro groups is 1. The summed E-state index contributed by atoms with van der Waals surface area (Å²) in [4.78, 5) is 21.8. The van der Waals surface area contributed by atoms with Crippen molar-refractivity contribution >= 4 is 11.6 Å². The first-order valence-electron chi connectivity index (χ1n) is 6.40. The van der Waals surface area contributed by atoms with Gasteiger partial charge in [0.2, 0.25) is 0 Å². The monoisotopic (exact) mass is 263 g/mol. The van der Waals surface area contributed by atoms with Crippen LogP contribution in [-0.4, -0.2) is 30.5 Å². The molecule has 2 N–H and O–H groups in total. The lowest BCUT2D eigenvalue weighted by Crippen LogP contribution is -2.26. The van der Waals surface area contributed by atoms with Crippen LogP contribution in [0.3, 0.4) is 0 Å². The Hall–Kier alpha value is -1.95. The highest BCUT2D eigenvalue weighted by molar-refractivity contribution is 5.94. The van der Waals surface area contributed by atoms with Crippen molar-refractivity contribution in [2.45, 2.75) is 12.8 Å². The SMILES string of the molecule is O=C(NCCC1CCNC1)c1ccc([N+](=O)[O-])cc1. The number of carbonyl (C=O) groups excluding carboxylic acids is 1. The molecule has 1 aromatic carbocycles. The molecule has 0 aromatic heterocycles. The summed E-state index contributed by atoms with van der Waals surface area (Å²) in [7, 11) is 0. The van der Waals surface area contributed by atoms with Crippen molar-refractivity contribution in [2.24, 2.45) is 5.92 Å². The van der Waals surface area contributed by atoms with Crippen LogP contribution in [0.2, 0.25) is 0 Å². The maximum absolute atomic E-state index is 11.8. The minimum atomic E-state index is -0.477. The average molecular weight is 263 g/mol. The van der Waals surface area contributed by atoms with E-state index in [1.54, 1.807) is 0 Å². The summed E-state index contributed by atoms with van der Waals surface area (Å²) >= 11 is 0. The van der Waals surface area contributed by atoms with Crippen LogP contribution in [0.5, 0.6) is 0 Å². The van der Waals surface area contributed by atoms with E-state index in [9.17, 15) is 14.9 Å². The van der Waals surface area contributed by atoms with Gasteiger partial charge < -0.3 is 10.6 Å². The highest BCUT2D eigenvalue weighted by Crippen LogP contribution is 2.13. The molecular weight excluding hydrogens is 246 g/mol. The second kappa shape index (κ2) is 6.29. The lowest BCUT2D eigenvalue weighted by molar-refractivity contribution is -0.384. The molecule has 19 heavy (non-hydrogen) atoms. The van der Waals surface area contributed by atoms with E-state index in [0.717, 1.165) is 25.9 Å². The third-order valence-corrected chi connectivity index (χ3v) is 3.34. The molecule has 6 heteroatoms. The maximum atomic E-state index is 11.8. The van der Waals surface area contributed by atoms with Gasteiger partial charge in [-0.25, -0.2) is 0 Å². The Morgan fingerprint density at radius 3 is 2.74 bits per heavy atom. The van der Waals surface area contributed by atoms with Crippen molar-refractivity contribution < 1.29 is 9.72 Å². The quantitative estimate of drug-likeness (QED) is 0.620. The molecule has 1 unspecified atom stereocenters.